The molecule has 2 heterocycles. The van der Waals surface area contributed by atoms with Crippen molar-refractivity contribution >= 4 is 28.7 Å². The van der Waals surface area contributed by atoms with Crippen LogP contribution in [-0.2, 0) is 24.1 Å². The molecule has 0 saturated carbocycles. The minimum Gasteiger partial charge on any atom is -0.444 e. The number of nitrogens with zero attached hydrogens (tertiary/aromatic N) is 3. The summed E-state index contributed by atoms with van der Waals surface area (Å²) in [6.07, 6.45) is 0.611. The molecule has 0 N–H and O–H groups in total. The van der Waals surface area contributed by atoms with Gasteiger partial charge in [0.05, 0.1) is 35.1 Å². The summed E-state index contributed by atoms with van der Waals surface area (Å²) in [5.41, 5.74) is -0.237. The maximum absolute atomic E-state index is 13.0. The Bertz CT molecular complexity index is 1090. The van der Waals surface area contributed by atoms with Gasteiger partial charge in [-0.2, -0.15) is 9.57 Å². The van der Waals surface area contributed by atoms with Gasteiger partial charge in [0.1, 0.15) is 5.60 Å². The summed E-state index contributed by atoms with van der Waals surface area (Å²) in [6, 6.07) is 6.69. The third-order valence-corrected chi connectivity index (χ3v) is 7.73. The van der Waals surface area contributed by atoms with E-state index in [0.29, 0.717) is 16.6 Å². The van der Waals surface area contributed by atoms with E-state index in [-0.39, 0.29) is 19.6 Å². The Labute approximate surface area is 203 Å². The molecule has 1 aromatic carbocycles. The van der Waals surface area contributed by atoms with Crippen molar-refractivity contribution in [1.82, 2.24) is 9.21 Å². The Kier molecular flexibility index (Phi) is 6.87. The Hall–Kier alpha value is -2.13. The molecule has 0 radical (unpaired) electrons. The molecule has 11 heteroatoms. The number of hydrogen-bond acceptors (Lipinski definition) is 7. The van der Waals surface area contributed by atoms with Gasteiger partial charge in [0.2, 0.25) is 10.0 Å². The van der Waals surface area contributed by atoms with E-state index in [0.717, 1.165) is 6.26 Å². The maximum atomic E-state index is 13.0. The number of carbonyl (C=O) groups is 1. The van der Waals surface area contributed by atoms with Gasteiger partial charge in [-0.25, -0.2) is 13.2 Å². The van der Waals surface area contributed by atoms with Crippen molar-refractivity contribution in [3.05, 3.63) is 29.3 Å². The van der Waals surface area contributed by atoms with Crippen LogP contribution >= 0.6 is 0 Å². The molecular formula is C23H34BN3O6S. The van der Waals surface area contributed by atoms with Gasteiger partial charge in [-0.05, 0) is 71.6 Å². The fraction of sp³-hybridized carbons (Fsp3) is 0.652. The first-order chi connectivity index (χ1) is 15.4. The second-order valence-corrected chi connectivity index (χ2v) is 12.9. The molecule has 0 spiro atoms. The Morgan fingerprint density at radius 3 is 2.24 bits per heavy atom. The number of amides is 1. The highest BCUT2D eigenvalue weighted by molar-refractivity contribution is 7.88. The van der Waals surface area contributed by atoms with Crippen molar-refractivity contribution < 1.29 is 27.3 Å². The Balaban J connectivity index is 2.04. The maximum Gasteiger partial charge on any atom is 0.494 e. The molecule has 1 amide bonds. The zero-order valence-corrected chi connectivity index (χ0v) is 22.0. The number of carbonyl (C=O) groups excluding carboxylic acids is 1. The molecule has 0 unspecified atom stereocenters. The second-order valence-electron chi connectivity index (χ2n) is 10.9. The van der Waals surface area contributed by atoms with Crippen molar-refractivity contribution in [3.63, 3.8) is 0 Å². The van der Waals surface area contributed by atoms with Crippen LogP contribution in [0.3, 0.4) is 0 Å². The molecule has 2 fully saturated rings. The number of nitriles is 1. The monoisotopic (exact) mass is 491 g/mol. The molecule has 186 valence electrons. The number of piperazine rings is 1. The molecule has 9 nitrogen and oxygen atoms in total. The van der Waals surface area contributed by atoms with Crippen LogP contribution in [-0.4, -0.2) is 73.5 Å². The minimum atomic E-state index is -3.48. The van der Waals surface area contributed by atoms with Gasteiger partial charge in [-0.1, -0.05) is 6.07 Å². The van der Waals surface area contributed by atoms with Crippen LogP contribution in [0.4, 0.5) is 4.79 Å². The van der Waals surface area contributed by atoms with E-state index >= 15 is 0 Å². The highest BCUT2D eigenvalue weighted by Gasteiger charge is 2.52. The van der Waals surface area contributed by atoms with Crippen LogP contribution in [0.1, 0.15) is 65.6 Å². The fourth-order valence-electron chi connectivity index (χ4n) is 3.93. The van der Waals surface area contributed by atoms with Gasteiger partial charge in [0.25, 0.3) is 0 Å². The van der Waals surface area contributed by atoms with Crippen LogP contribution in [0.5, 0.6) is 0 Å². The lowest BCUT2D eigenvalue weighted by Gasteiger charge is -2.41. The molecule has 2 aliphatic rings. The number of sulfonamides is 1. The summed E-state index contributed by atoms with van der Waals surface area (Å²) < 4.78 is 43.9. The minimum absolute atomic E-state index is 0.0514. The lowest BCUT2D eigenvalue weighted by molar-refractivity contribution is 0.00578. The van der Waals surface area contributed by atoms with E-state index in [9.17, 15) is 18.5 Å². The average Bonchev–Trinajstić information content (AvgIpc) is 2.92. The largest absolute Gasteiger partial charge is 0.494 e. The molecule has 1 aromatic rings. The van der Waals surface area contributed by atoms with Gasteiger partial charge < -0.3 is 14.0 Å². The molecule has 0 aliphatic carbocycles. The van der Waals surface area contributed by atoms with Crippen LogP contribution in [0.25, 0.3) is 0 Å². The lowest BCUT2D eigenvalue weighted by Crippen LogP contribution is -2.53. The molecule has 2 saturated heterocycles. The zero-order chi connectivity index (χ0) is 25.7. The number of ether oxygens (including phenoxy) is 1. The first kappa shape index (κ1) is 26.5. The van der Waals surface area contributed by atoms with Crippen molar-refractivity contribution in [1.29, 1.82) is 5.26 Å². The van der Waals surface area contributed by atoms with Crippen molar-refractivity contribution in [2.24, 2.45) is 0 Å². The summed E-state index contributed by atoms with van der Waals surface area (Å²) in [7, 11) is -4.19. The van der Waals surface area contributed by atoms with Crippen LogP contribution in [0.15, 0.2) is 18.2 Å². The quantitative estimate of drug-likeness (QED) is 0.598. The number of benzene rings is 1. The van der Waals surface area contributed by atoms with E-state index < -0.39 is 46.1 Å². The molecule has 34 heavy (non-hydrogen) atoms. The Morgan fingerprint density at radius 2 is 1.74 bits per heavy atom. The van der Waals surface area contributed by atoms with Gasteiger partial charge >= 0.3 is 13.2 Å². The first-order valence-corrected chi connectivity index (χ1v) is 13.1. The molecular weight excluding hydrogens is 457 g/mol. The first-order valence-electron chi connectivity index (χ1n) is 11.3. The normalized spacial score (nSPS) is 23.0. The number of hydrogen-bond donors (Lipinski definition) is 0. The zero-order valence-electron chi connectivity index (χ0n) is 21.2. The number of rotatable bonds is 3. The summed E-state index contributed by atoms with van der Waals surface area (Å²) in [5.74, 6) is 0. The third-order valence-electron chi connectivity index (χ3n) is 6.46. The van der Waals surface area contributed by atoms with Crippen molar-refractivity contribution in [2.75, 3.05) is 25.9 Å². The smallest absolute Gasteiger partial charge is 0.444 e. The summed E-state index contributed by atoms with van der Waals surface area (Å²) in [4.78, 5) is 14.6. The summed E-state index contributed by atoms with van der Waals surface area (Å²) >= 11 is 0. The third kappa shape index (κ3) is 5.57. The Morgan fingerprint density at radius 1 is 1.15 bits per heavy atom. The van der Waals surface area contributed by atoms with Crippen LogP contribution in [0, 0.1) is 11.3 Å². The molecule has 1 atom stereocenters. The van der Waals surface area contributed by atoms with Gasteiger partial charge in [0, 0.05) is 19.6 Å². The van der Waals surface area contributed by atoms with E-state index in [2.05, 4.69) is 6.07 Å². The highest BCUT2D eigenvalue weighted by Crippen LogP contribution is 2.37. The predicted molar refractivity (Wildman–Crippen MR) is 129 cm³/mol. The summed E-state index contributed by atoms with van der Waals surface area (Å²) in [6.45, 7) is 13.5. The SMILES string of the molecule is CC(C)(C)OC(=O)N1CCN(S(C)(=O)=O)C[C@H]1c1cc(C#N)cc(B2OC(C)(C)C(C)(C)O2)c1. The fourth-order valence-corrected chi connectivity index (χ4v) is 4.76. The molecule has 0 aromatic heterocycles. The van der Waals surface area contributed by atoms with Gasteiger partial charge in [-0.15, -0.1) is 0 Å². The molecule has 0 bridgehead atoms. The second kappa shape index (κ2) is 8.83. The standard InChI is InChI=1S/C23H34BN3O6S/c1-21(2,3)31-20(28)27-10-9-26(34(8,29)30)15-19(27)17-11-16(14-25)12-18(13-17)24-32-22(4,5)23(6,7)33-24/h11-13,19H,9-10,15H2,1-8H3/t19-/m0/s1. The van der Waals surface area contributed by atoms with E-state index in [4.69, 9.17) is 14.0 Å². The van der Waals surface area contributed by atoms with E-state index in [1.54, 1.807) is 32.9 Å². The summed E-state index contributed by atoms with van der Waals surface area (Å²) in [5, 5.41) is 9.70. The van der Waals surface area contributed by atoms with Crippen molar-refractivity contribution in [3.8, 4) is 6.07 Å². The van der Waals surface area contributed by atoms with Crippen molar-refractivity contribution in [2.45, 2.75) is 71.3 Å². The molecule has 2 aliphatic heterocycles. The highest BCUT2D eigenvalue weighted by atomic mass is 32.2. The van der Waals surface area contributed by atoms with Gasteiger partial charge in [-0.3, -0.25) is 4.90 Å². The van der Waals surface area contributed by atoms with Gasteiger partial charge in [0.15, 0.2) is 0 Å². The molecule has 3 rings (SSSR count). The average molecular weight is 491 g/mol. The van der Waals surface area contributed by atoms with E-state index in [1.807, 2.05) is 33.8 Å². The van der Waals surface area contributed by atoms with E-state index in [1.165, 1.54) is 9.21 Å². The predicted octanol–water partition coefficient (Wildman–Crippen LogP) is 2.41. The topological polar surface area (TPSA) is 109 Å². The van der Waals surface area contributed by atoms with Crippen LogP contribution in [0.2, 0.25) is 0 Å². The lowest BCUT2D eigenvalue weighted by atomic mass is 9.77. The van der Waals surface area contributed by atoms with Crippen LogP contribution < -0.4 is 5.46 Å².